The Morgan fingerprint density at radius 2 is 2.24 bits per heavy atom. The molecule has 0 aliphatic rings. The van der Waals surface area contributed by atoms with Crippen molar-refractivity contribution < 1.29 is 19.6 Å². The van der Waals surface area contributed by atoms with Gasteiger partial charge in [-0.1, -0.05) is 0 Å². The van der Waals surface area contributed by atoms with Gasteiger partial charge in [0.2, 0.25) is 0 Å². The number of hydrogen-bond donors (Lipinski definition) is 3. The van der Waals surface area contributed by atoms with E-state index in [1.54, 1.807) is 0 Å². The molecule has 86 valence electrons. The zero-order valence-corrected chi connectivity index (χ0v) is 9.12. The SMILES string of the molecule is CB(O)Nc1cc(N=CB=O)cc(C(=O)O)c1. The summed E-state index contributed by atoms with van der Waals surface area (Å²) in [5.74, 6) is -1.11. The summed E-state index contributed by atoms with van der Waals surface area (Å²) in [6, 6.07) is 4.23. The summed E-state index contributed by atoms with van der Waals surface area (Å²) in [5, 5.41) is 20.7. The third-order valence-electron chi connectivity index (χ3n) is 1.82. The van der Waals surface area contributed by atoms with Crippen LogP contribution in [0.3, 0.4) is 0 Å². The predicted octanol–water partition coefficient (Wildman–Crippen LogP) is 0.616. The maximum atomic E-state index is 10.9. The number of carboxylic acid groups (broad SMARTS) is 1. The summed E-state index contributed by atoms with van der Waals surface area (Å²) >= 11 is 0. The third-order valence-corrected chi connectivity index (χ3v) is 1.82. The number of nitrogens with one attached hydrogen (secondary N) is 1. The molecule has 0 radical (unpaired) electrons. The average Bonchev–Trinajstić information content (AvgIpc) is 2.25. The normalized spacial score (nSPS) is 10.0. The Morgan fingerprint density at radius 3 is 2.76 bits per heavy atom. The average molecular weight is 232 g/mol. The fourth-order valence-corrected chi connectivity index (χ4v) is 1.25. The van der Waals surface area contributed by atoms with Crippen molar-refractivity contribution in [3.63, 3.8) is 0 Å². The fraction of sp³-hybridized carbons (Fsp3) is 0.111. The molecule has 0 heterocycles. The van der Waals surface area contributed by atoms with E-state index in [0.717, 1.165) is 6.11 Å². The minimum atomic E-state index is -1.11. The second kappa shape index (κ2) is 5.95. The standard InChI is InChI=1S/C9H10B2N2O4/c1-11(17)13-8-3-6(9(14)15)2-7(4-8)12-5-10-16/h2-5,13,17H,1H3,(H,14,15). The first-order valence-electron chi connectivity index (χ1n) is 4.83. The van der Waals surface area contributed by atoms with Crippen LogP contribution < -0.4 is 5.23 Å². The van der Waals surface area contributed by atoms with E-state index < -0.39 is 13.0 Å². The Morgan fingerprint density at radius 1 is 1.53 bits per heavy atom. The van der Waals surface area contributed by atoms with E-state index in [2.05, 4.69) is 10.2 Å². The van der Waals surface area contributed by atoms with Gasteiger partial charge in [-0.25, -0.2) is 0 Å². The summed E-state index contributed by atoms with van der Waals surface area (Å²) in [6.07, 6.45) is 1.02. The summed E-state index contributed by atoms with van der Waals surface area (Å²) < 4.78 is 10.1. The van der Waals surface area contributed by atoms with E-state index in [1.165, 1.54) is 25.0 Å². The number of anilines is 1. The van der Waals surface area contributed by atoms with Crippen LogP contribution in [0.2, 0.25) is 6.82 Å². The van der Waals surface area contributed by atoms with Gasteiger partial charge in [-0.15, -0.1) is 0 Å². The Labute approximate surface area is 98.8 Å². The first-order valence-corrected chi connectivity index (χ1v) is 4.83. The molecule has 0 atom stereocenters. The van der Waals surface area contributed by atoms with Crippen LogP contribution in [0.1, 0.15) is 10.4 Å². The molecular weight excluding hydrogens is 222 g/mol. The topological polar surface area (TPSA) is 99.0 Å². The molecule has 0 saturated heterocycles. The number of carbonyl (C=O) groups is 1. The van der Waals surface area contributed by atoms with Crippen molar-refractivity contribution in [2.24, 2.45) is 4.99 Å². The van der Waals surface area contributed by atoms with Crippen LogP contribution in [0.5, 0.6) is 0 Å². The quantitative estimate of drug-likeness (QED) is 0.510. The van der Waals surface area contributed by atoms with Crippen LogP contribution in [0, 0.1) is 0 Å². The number of nitrogens with zero attached hydrogens (tertiary/aromatic N) is 1. The number of rotatable bonds is 5. The first kappa shape index (κ1) is 13.1. The zero-order chi connectivity index (χ0) is 12.8. The van der Waals surface area contributed by atoms with Gasteiger partial charge in [-0.05, 0) is 0 Å². The van der Waals surface area contributed by atoms with Gasteiger partial charge in [0.25, 0.3) is 0 Å². The molecule has 1 rings (SSSR count). The molecule has 0 spiro atoms. The molecule has 6 nitrogen and oxygen atoms in total. The molecule has 0 unspecified atom stereocenters. The molecular formula is C9H10B2N2O4. The van der Waals surface area contributed by atoms with Crippen molar-refractivity contribution in [3.8, 4) is 0 Å². The van der Waals surface area contributed by atoms with E-state index in [-0.39, 0.29) is 5.56 Å². The molecule has 3 N–H and O–H groups in total. The Balaban J connectivity index is 3.13. The molecule has 0 bridgehead atoms. The molecule has 0 aromatic heterocycles. The summed E-state index contributed by atoms with van der Waals surface area (Å²) in [6.45, 7) is 1.50. The second-order valence-corrected chi connectivity index (χ2v) is 3.31. The zero-order valence-electron chi connectivity index (χ0n) is 9.12. The molecule has 0 saturated carbocycles. The van der Waals surface area contributed by atoms with E-state index in [4.69, 9.17) is 10.1 Å². The molecule has 1 aromatic rings. The number of aromatic carboxylic acids is 1. The summed E-state index contributed by atoms with van der Waals surface area (Å²) in [4.78, 5) is 14.6. The number of benzene rings is 1. The van der Waals surface area contributed by atoms with Crippen LogP contribution in [0.15, 0.2) is 23.2 Å². The van der Waals surface area contributed by atoms with Crippen molar-refractivity contribution in [1.82, 2.24) is 0 Å². The minimum absolute atomic E-state index is 0.0219. The number of carboxylic acids is 1. The van der Waals surface area contributed by atoms with E-state index in [9.17, 15) is 9.50 Å². The van der Waals surface area contributed by atoms with Gasteiger partial charge in [0, 0.05) is 0 Å². The number of hydrogen-bond acceptors (Lipinski definition) is 5. The van der Waals surface area contributed by atoms with Gasteiger partial charge in [-0.3, -0.25) is 0 Å². The Hall–Kier alpha value is -1.95. The van der Waals surface area contributed by atoms with Crippen molar-refractivity contribution in [3.05, 3.63) is 23.8 Å². The maximum absolute atomic E-state index is 10.9. The van der Waals surface area contributed by atoms with Crippen LogP contribution in [-0.2, 0) is 4.70 Å². The van der Waals surface area contributed by atoms with Gasteiger partial charge in [-0.2, -0.15) is 0 Å². The van der Waals surface area contributed by atoms with E-state index in [1.807, 2.05) is 0 Å². The van der Waals surface area contributed by atoms with Crippen molar-refractivity contribution in [2.75, 3.05) is 5.23 Å². The fourth-order valence-electron chi connectivity index (χ4n) is 1.25. The second-order valence-electron chi connectivity index (χ2n) is 3.31. The predicted molar refractivity (Wildman–Crippen MR) is 65.5 cm³/mol. The van der Waals surface area contributed by atoms with Crippen molar-refractivity contribution >= 4 is 37.7 Å². The van der Waals surface area contributed by atoms with Crippen LogP contribution in [0.4, 0.5) is 11.4 Å². The monoisotopic (exact) mass is 232 g/mol. The summed E-state index contributed by atoms with van der Waals surface area (Å²) in [5.41, 5.74) is 0.756. The van der Waals surface area contributed by atoms with E-state index in [0.29, 0.717) is 18.5 Å². The Bertz CT molecular complexity index is 462. The van der Waals surface area contributed by atoms with Gasteiger partial charge < -0.3 is 0 Å². The van der Waals surface area contributed by atoms with Gasteiger partial charge in [0.15, 0.2) is 0 Å². The van der Waals surface area contributed by atoms with Gasteiger partial charge in [0.1, 0.15) is 0 Å². The molecule has 0 fully saturated rings. The van der Waals surface area contributed by atoms with Gasteiger partial charge in [0.05, 0.1) is 0 Å². The number of aliphatic imine (C=N–C) groups is 1. The van der Waals surface area contributed by atoms with Crippen LogP contribution in [-0.4, -0.2) is 36.4 Å². The molecule has 17 heavy (non-hydrogen) atoms. The van der Waals surface area contributed by atoms with Crippen molar-refractivity contribution in [2.45, 2.75) is 6.82 Å². The molecule has 1 aromatic carbocycles. The Kier molecular flexibility index (Phi) is 4.59. The third kappa shape index (κ3) is 4.20. The first-order chi connectivity index (χ1) is 8.02. The van der Waals surface area contributed by atoms with E-state index >= 15 is 0 Å². The van der Waals surface area contributed by atoms with Gasteiger partial charge >= 0.3 is 98.1 Å². The molecule has 8 heteroatoms. The van der Waals surface area contributed by atoms with Crippen LogP contribution in [0.25, 0.3) is 0 Å². The van der Waals surface area contributed by atoms with Crippen LogP contribution >= 0.6 is 0 Å². The molecule has 0 aliphatic carbocycles. The summed E-state index contributed by atoms with van der Waals surface area (Å²) in [7, 11) is -0.322. The molecule has 0 aliphatic heterocycles. The van der Waals surface area contributed by atoms with Crippen molar-refractivity contribution in [1.29, 1.82) is 0 Å². The molecule has 0 amide bonds.